The van der Waals surface area contributed by atoms with E-state index < -0.39 is 0 Å². The van der Waals surface area contributed by atoms with Crippen LogP contribution in [0.25, 0.3) is 11.1 Å². The maximum absolute atomic E-state index is 13.0. The summed E-state index contributed by atoms with van der Waals surface area (Å²) in [5, 5.41) is 3.40. The number of piperazine rings is 1. The van der Waals surface area contributed by atoms with Crippen molar-refractivity contribution in [2.45, 2.75) is 13.0 Å². The Kier molecular flexibility index (Phi) is 6.75. The van der Waals surface area contributed by atoms with E-state index in [1.807, 2.05) is 71.6 Å². The molecule has 1 fully saturated rings. The molecule has 0 spiro atoms. The van der Waals surface area contributed by atoms with Gasteiger partial charge >= 0.3 is 0 Å². The highest BCUT2D eigenvalue weighted by Crippen LogP contribution is 2.36. The van der Waals surface area contributed by atoms with Crippen molar-refractivity contribution < 1.29 is 9.59 Å². The molecule has 0 aromatic heterocycles. The zero-order chi connectivity index (χ0) is 24.0. The molecule has 176 valence electrons. The summed E-state index contributed by atoms with van der Waals surface area (Å²) in [5.41, 5.74) is 6.79. The molecule has 0 bridgehead atoms. The first-order valence-electron chi connectivity index (χ1n) is 12.1. The Morgan fingerprint density at radius 1 is 0.800 bits per heavy atom. The lowest BCUT2D eigenvalue weighted by Crippen LogP contribution is -2.53. The van der Waals surface area contributed by atoms with Crippen molar-refractivity contribution in [1.29, 1.82) is 0 Å². The number of allylic oxidation sites excluding steroid dienone is 3. The number of rotatable bonds is 7. The third-order valence-corrected chi connectivity index (χ3v) is 6.58. The lowest BCUT2D eigenvalue weighted by atomic mass is 10.0. The number of amides is 2. The summed E-state index contributed by atoms with van der Waals surface area (Å²) in [6.07, 6.45) is 2.95. The van der Waals surface area contributed by atoms with E-state index in [0.29, 0.717) is 19.6 Å². The molecule has 0 saturated carbocycles. The maximum atomic E-state index is 13.0. The Morgan fingerprint density at radius 2 is 1.43 bits per heavy atom. The molecule has 1 N–H and O–H groups in total. The van der Waals surface area contributed by atoms with E-state index in [-0.39, 0.29) is 24.9 Å². The maximum Gasteiger partial charge on any atom is 0.242 e. The van der Waals surface area contributed by atoms with Gasteiger partial charge in [-0.3, -0.25) is 9.59 Å². The van der Waals surface area contributed by atoms with Gasteiger partial charge in [0.05, 0.1) is 13.1 Å². The predicted octanol–water partition coefficient (Wildman–Crippen LogP) is 4.35. The van der Waals surface area contributed by atoms with Crippen molar-refractivity contribution in [3.05, 3.63) is 119 Å². The van der Waals surface area contributed by atoms with Gasteiger partial charge in [0.2, 0.25) is 11.8 Å². The Hall–Kier alpha value is -4.12. The molecule has 1 aliphatic heterocycles. The predicted molar refractivity (Wildman–Crippen MR) is 139 cm³/mol. The second-order valence-electron chi connectivity index (χ2n) is 8.94. The molecule has 1 aliphatic carbocycles. The second-order valence-corrected chi connectivity index (χ2v) is 8.94. The van der Waals surface area contributed by atoms with Gasteiger partial charge in [-0.15, -0.1) is 0 Å². The zero-order valence-corrected chi connectivity index (χ0v) is 19.7. The van der Waals surface area contributed by atoms with Crippen molar-refractivity contribution in [3.63, 3.8) is 0 Å². The van der Waals surface area contributed by atoms with Crippen LogP contribution in [0.3, 0.4) is 0 Å². The molecule has 3 aromatic rings. The van der Waals surface area contributed by atoms with E-state index >= 15 is 0 Å². The molecule has 3 aromatic carbocycles. The van der Waals surface area contributed by atoms with Crippen molar-refractivity contribution in [2.24, 2.45) is 0 Å². The van der Waals surface area contributed by atoms with Crippen molar-refractivity contribution in [3.8, 4) is 0 Å². The fourth-order valence-electron chi connectivity index (χ4n) is 4.66. The Morgan fingerprint density at radius 3 is 2.09 bits per heavy atom. The average Bonchev–Trinajstić information content (AvgIpc) is 3.34. The van der Waals surface area contributed by atoms with E-state index in [1.165, 1.54) is 11.1 Å². The van der Waals surface area contributed by atoms with Gasteiger partial charge in [0.1, 0.15) is 0 Å². The molecule has 5 rings (SSSR count). The van der Waals surface area contributed by atoms with Gasteiger partial charge in [0, 0.05) is 37.3 Å². The minimum absolute atomic E-state index is 0.00783. The molecule has 5 heteroatoms. The first-order chi connectivity index (χ1) is 17.2. The topological polar surface area (TPSA) is 52.7 Å². The Bertz CT molecular complexity index is 1250. The normalized spacial score (nSPS) is 15.9. The summed E-state index contributed by atoms with van der Waals surface area (Å²) in [7, 11) is 0. The first-order valence-corrected chi connectivity index (χ1v) is 12.1. The van der Waals surface area contributed by atoms with Crippen LogP contribution in [-0.4, -0.2) is 47.8 Å². The van der Waals surface area contributed by atoms with Crippen LogP contribution >= 0.6 is 0 Å². The van der Waals surface area contributed by atoms with Gasteiger partial charge in [-0.1, -0.05) is 91.0 Å². The molecule has 2 aliphatic rings. The van der Waals surface area contributed by atoms with Gasteiger partial charge in [0.25, 0.3) is 0 Å². The smallest absolute Gasteiger partial charge is 0.242 e. The summed E-state index contributed by atoms with van der Waals surface area (Å²) < 4.78 is 0. The Labute approximate surface area is 206 Å². The van der Waals surface area contributed by atoms with E-state index in [2.05, 4.69) is 35.7 Å². The SMILES string of the molecule is O=C(CNC1=C(c2ccccc2)C=C(c2ccccc2)C1)N1CCN(Cc2ccccc2)C(=O)C1. The molecule has 2 amide bonds. The van der Waals surface area contributed by atoms with Crippen LogP contribution in [0.15, 0.2) is 103 Å². The van der Waals surface area contributed by atoms with E-state index in [0.717, 1.165) is 28.8 Å². The minimum Gasteiger partial charge on any atom is -0.379 e. The quantitative estimate of drug-likeness (QED) is 0.567. The highest BCUT2D eigenvalue weighted by molar-refractivity contribution is 5.92. The van der Waals surface area contributed by atoms with E-state index in [1.54, 1.807) is 4.90 Å². The molecule has 0 radical (unpaired) electrons. The molecule has 5 nitrogen and oxygen atoms in total. The van der Waals surface area contributed by atoms with E-state index in [9.17, 15) is 9.59 Å². The monoisotopic (exact) mass is 463 g/mol. The number of nitrogens with zero attached hydrogens (tertiary/aromatic N) is 2. The molecule has 35 heavy (non-hydrogen) atoms. The average molecular weight is 464 g/mol. The summed E-state index contributed by atoms with van der Waals surface area (Å²) in [6, 6.07) is 30.5. The van der Waals surface area contributed by atoms with Gasteiger partial charge < -0.3 is 15.1 Å². The highest BCUT2D eigenvalue weighted by atomic mass is 16.2. The minimum atomic E-state index is -0.0502. The zero-order valence-electron chi connectivity index (χ0n) is 19.7. The van der Waals surface area contributed by atoms with Crippen molar-refractivity contribution >= 4 is 23.0 Å². The summed E-state index contributed by atoms with van der Waals surface area (Å²) >= 11 is 0. The number of carbonyl (C=O) groups is 2. The fraction of sp³-hybridized carbons (Fsp3) is 0.200. The largest absolute Gasteiger partial charge is 0.379 e. The Balaban J connectivity index is 1.23. The third kappa shape index (κ3) is 5.35. The van der Waals surface area contributed by atoms with Gasteiger partial charge in [-0.25, -0.2) is 0 Å². The number of nitrogens with one attached hydrogen (secondary N) is 1. The molecule has 0 atom stereocenters. The van der Waals surface area contributed by atoms with Crippen LogP contribution in [0.4, 0.5) is 0 Å². The molecule has 1 heterocycles. The first kappa shape index (κ1) is 22.7. The van der Waals surface area contributed by atoms with Crippen LogP contribution in [0.1, 0.15) is 23.1 Å². The number of carbonyl (C=O) groups excluding carboxylic acids is 2. The lowest BCUT2D eigenvalue weighted by molar-refractivity contribution is -0.145. The van der Waals surface area contributed by atoms with E-state index in [4.69, 9.17) is 0 Å². The van der Waals surface area contributed by atoms with Crippen LogP contribution in [0.5, 0.6) is 0 Å². The van der Waals surface area contributed by atoms with Crippen molar-refractivity contribution in [1.82, 2.24) is 15.1 Å². The number of hydrogen-bond acceptors (Lipinski definition) is 3. The second kappa shape index (κ2) is 10.4. The molecule has 1 saturated heterocycles. The van der Waals surface area contributed by atoms with Gasteiger partial charge in [-0.2, -0.15) is 0 Å². The van der Waals surface area contributed by atoms with Crippen molar-refractivity contribution in [2.75, 3.05) is 26.2 Å². The molecular formula is C30H29N3O2. The van der Waals surface area contributed by atoms with Crippen LogP contribution in [-0.2, 0) is 16.1 Å². The van der Waals surface area contributed by atoms with Gasteiger partial charge in [-0.05, 0) is 28.3 Å². The van der Waals surface area contributed by atoms with Gasteiger partial charge in [0.15, 0.2) is 0 Å². The summed E-state index contributed by atoms with van der Waals surface area (Å²) in [5.74, 6) is -0.0580. The lowest BCUT2D eigenvalue weighted by Gasteiger charge is -2.34. The van der Waals surface area contributed by atoms with Crippen LogP contribution in [0.2, 0.25) is 0 Å². The number of benzene rings is 3. The van der Waals surface area contributed by atoms with Crippen LogP contribution < -0.4 is 5.32 Å². The molecule has 0 unspecified atom stereocenters. The fourth-order valence-corrected chi connectivity index (χ4v) is 4.66. The number of hydrogen-bond donors (Lipinski definition) is 1. The highest BCUT2D eigenvalue weighted by Gasteiger charge is 2.27. The summed E-state index contributed by atoms with van der Waals surface area (Å²) in [6.45, 7) is 1.99. The van der Waals surface area contributed by atoms with Crippen LogP contribution in [0, 0.1) is 0 Å². The standard InChI is InChI=1S/C30H29N3O2/c34-29(33-17-16-32(30(35)22-33)21-23-10-4-1-5-11-23)20-31-28-19-26(24-12-6-2-7-13-24)18-27(28)25-14-8-3-9-15-25/h1-15,18,31H,16-17,19-22H2. The third-order valence-electron chi connectivity index (χ3n) is 6.58. The summed E-state index contributed by atoms with van der Waals surface area (Å²) in [4.78, 5) is 29.2. The molecular weight excluding hydrogens is 434 g/mol.